The molecule has 0 radical (unpaired) electrons. The molecule has 0 spiro atoms. The van der Waals surface area contributed by atoms with Crippen molar-refractivity contribution in [3.8, 4) is 22.8 Å². The number of nitrogens with two attached hydrogens (primary N) is 1. The predicted molar refractivity (Wildman–Crippen MR) is 77.6 cm³/mol. The molecule has 6 heteroatoms. The van der Waals surface area contributed by atoms with E-state index >= 15 is 0 Å². The molecule has 0 saturated carbocycles. The van der Waals surface area contributed by atoms with Gasteiger partial charge >= 0.3 is 0 Å². The molecule has 2 rings (SSSR count). The SMILES string of the molecule is COc1ccc(-c2ccc(NN)nn2)cc1OC(C)C. The summed E-state index contributed by atoms with van der Waals surface area (Å²) >= 11 is 0. The highest BCUT2D eigenvalue weighted by Gasteiger charge is 2.10. The number of nitrogens with zero attached hydrogens (tertiary/aromatic N) is 2. The fourth-order valence-electron chi connectivity index (χ4n) is 1.75. The van der Waals surface area contributed by atoms with Gasteiger partial charge in [0.15, 0.2) is 17.3 Å². The van der Waals surface area contributed by atoms with Crippen LogP contribution in [0, 0.1) is 0 Å². The smallest absolute Gasteiger partial charge is 0.162 e. The highest BCUT2D eigenvalue weighted by Crippen LogP contribution is 2.32. The van der Waals surface area contributed by atoms with Crippen LogP contribution >= 0.6 is 0 Å². The van der Waals surface area contributed by atoms with Crippen molar-refractivity contribution >= 4 is 5.82 Å². The van der Waals surface area contributed by atoms with Gasteiger partial charge in [-0.3, -0.25) is 0 Å². The van der Waals surface area contributed by atoms with E-state index in [1.165, 1.54) is 0 Å². The van der Waals surface area contributed by atoms with Crippen LogP contribution in [0.1, 0.15) is 13.8 Å². The third-order valence-corrected chi connectivity index (χ3v) is 2.63. The van der Waals surface area contributed by atoms with E-state index in [0.717, 1.165) is 11.3 Å². The average molecular weight is 274 g/mol. The number of hydrazine groups is 1. The lowest BCUT2D eigenvalue weighted by atomic mass is 10.1. The molecule has 0 fully saturated rings. The maximum Gasteiger partial charge on any atom is 0.162 e. The minimum atomic E-state index is 0.0639. The number of ether oxygens (including phenoxy) is 2. The van der Waals surface area contributed by atoms with Crippen molar-refractivity contribution in [2.24, 2.45) is 5.84 Å². The first-order valence-electron chi connectivity index (χ1n) is 6.29. The van der Waals surface area contributed by atoms with Gasteiger partial charge < -0.3 is 14.9 Å². The first-order valence-corrected chi connectivity index (χ1v) is 6.29. The van der Waals surface area contributed by atoms with Crippen LogP contribution in [0.2, 0.25) is 0 Å². The van der Waals surface area contributed by atoms with Crippen LogP contribution in [0.5, 0.6) is 11.5 Å². The van der Waals surface area contributed by atoms with E-state index in [4.69, 9.17) is 15.3 Å². The molecule has 0 aliphatic carbocycles. The van der Waals surface area contributed by atoms with Crippen molar-refractivity contribution in [2.75, 3.05) is 12.5 Å². The van der Waals surface area contributed by atoms with Crippen LogP contribution in [0.3, 0.4) is 0 Å². The van der Waals surface area contributed by atoms with Gasteiger partial charge in [-0.1, -0.05) is 0 Å². The lowest BCUT2D eigenvalue weighted by Crippen LogP contribution is -2.09. The Morgan fingerprint density at radius 1 is 1.10 bits per heavy atom. The van der Waals surface area contributed by atoms with E-state index in [9.17, 15) is 0 Å². The van der Waals surface area contributed by atoms with E-state index in [2.05, 4.69) is 15.6 Å². The van der Waals surface area contributed by atoms with Gasteiger partial charge in [0, 0.05) is 5.56 Å². The molecule has 0 aliphatic heterocycles. The summed E-state index contributed by atoms with van der Waals surface area (Å²) in [6.45, 7) is 3.93. The van der Waals surface area contributed by atoms with E-state index in [1.54, 1.807) is 13.2 Å². The molecule has 0 saturated heterocycles. The molecule has 6 nitrogen and oxygen atoms in total. The van der Waals surface area contributed by atoms with Gasteiger partial charge in [0.05, 0.1) is 18.9 Å². The maximum atomic E-state index is 5.74. The predicted octanol–water partition coefficient (Wildman–Crippen LogP) is 2.22. The molecule has 2 aromatic rings. The monoisotopic (exact) mass is 274 g/mol. The number of hydrogen-bond donors (Lipinski definition) is 2. The largest absolute Gasteiger partial charge is 0.493 e. The summed E-state index contributed by atoms with van der Waals surface area (Å²) < 4.78 is 11.0. The summed E-state index contributed by atoms with van der Waals surface area (Å²) in [6.07, 6.45) is 0.0639. The van der Waals surface area contributed by atoms with Crippen molar-refractivity contribution in [1.82, 2.24) is 10.2 Å². The second kappa shape index (κ2) is 6.21. The molecular weight excluding hydrogens is 256 g/mol. The Morgan fingerprint density at radius 3 is 2.45 bits per heavy atom. The molecule has 1 heterocycles. The third-order valence-electron chi connectivity index (χ3n) is 2.63. The first kappa shape index (κ1) is 14.1. The number of anilines is 1. The lowest BCUT2D eigenvalue weighted by molar-refractivity contribution is 0.230. The average Bonchev–Trinajstić information content (AvgIpc) is 2.46. The zero-order valence-corrected chi connectivity index (χ0v) is 11.8. The van der Waals surface area contributed by atoms with Crippen molar-refractivity contribution < 1.29 is 9.47 Å². The zero-order chi connectivity index (χ0) is 14.5. The summed E-state index contributed by atoms with van der Waals surface area (Å²) in [5, 5.41) is 8.06. The Kier molecular flexibility index (Phi) is 4.37. The minimum absolute atomic E-state index is 0.0639. The molecule has 1 aromatic heterocycles. The Balaban J connectivity index is 2.35. The number of benzene rings is 1. The summed E-state index contributed by atoms with van der Waals surface area (Å²) in [5.41, 5.74) is 4.08. The highest BCUT2D eigenvalue weighted by atomic mass is 16.5. The van der Waals surface area contributed by atoms with Gasteiger partial charge in [-0.15, -0.1) is 10.2 Å². The van der Waals surface area contributed by atoms with E-state index < -0.39 is 0 Å². The molecule has 3 N–H and O–H groups in total. The molecule has 0 atom stereocenters. The fraction of sp³-hybridized carbons (Fsp3) is 0.286. The highest BCUT2D eigenvalue weighted by molar-refractivity contribution is 5.64. The Hall–Kier alpha value is -2.34. The summed E-state index contributed by atoms with van der Waals surface area (Å²) in [5.74, 6) is 7.15. The quantitative estimate of drug-likeness (QED) is 0.642. The van der Waals surface area contributed by atoms with Crippen LogP contribution in [0.25, 0.3) is 11.3 Å². The van der Waals surface area contributed by atoms with Gasteiger partial charge in [-0.25, -0.2) is 5.84 Å². The summed E-state index contributed by atoms with van der Waals surface area (Å²) in [6, 6.07) is 9.24. The van der Waals surface area contributed by atoms with Crippen LogP contribution in [-0.2, 0) is 0 Å². The fourth-order valence-corrected chi connectivity index (χ4v) is 1.75. The van der Waals surface area contributed by atoms with Crippen molar-refractivity contribution in [1.29, 1.82) is 0 Å². The second-order valence-electron chi connectivity index (χ2n) is 4.48. The first-order chi connectivity index (χ1) is 9.63. The molecule has 106 valence electrons. The van der Waals surface area contributed by atoms with Crippen LogP contribution in [0.15, 0.2) is 30.3 Å². The normalized spacial score (nSPS) is 10.4. The van der Waals surface area contributed by atoms with Crippen LogP contribution < -0.4 is 20.7 Å². The Labute approximate surface area is 117 Å². The minimum Gasteiger partial charge on any atom is -0.493 e. The zero-order valence-electron chi connectivity index (χ0n) is 11.8. The maximum absolute atomic E-state index is 5.74. The van der Waals surface area contributed by atoms with E-state index in [0.29, 0.717) is 17.3 Å². The molecular formula is C14H18N4O2. The molecule has 20 heavy (non-hydrogen) atoms. The number of nitrogen functional groups attached to an aromatic ring is 1. The number of methoxy groups -OCH3 is 1. The van der Waals surface area contributed by atoms with Crippen molar-refractivity contribution in [2.45, 2.75) is 20.0 Å². The van der Waals surface area contributed by atoms with E-state index in [-0.39, 0.29) is 6.10 Å². The Morgan fingerprint density at radius 2 is 1.90 bits per heavy atom. The number of rotatable bonds is 5. The van der Waals surface area contributed by atoms with Crippen LogP contribution in [-0.4, -0.2) is 23.4 Å². The van der Waals surface area contributed by atoms with Crippen molar-refractivity contribution in [3.63, 3.8) is 0 Å². The van der Waals surface area contributed by atoms with Gasteiger partial charge in [0.2, 0.25) is 0 Å². The van der Waals surface area contributed by atoms with Gasteiger partial charge in [-0.05, 0) is 44.2 Å². The van der Waals surface area contributed by atoms with Gasteiger partial charge in [-0.2, -0.15) is 0 Å². The number of nitrogens with one attached hydrogen (secondary N) is 1. The summed E-state index contributed by atoms with van der Waals surface area (Å²) in [4.78, 5) is 0. The topological polar surface area (TPSA) is 82.3 Å². The number of hydrogen-bond acceptors (Lipinski definition) is 6. The van der Waals surface area contributed by atoms with Crippen LogP contribution in [0.4, 0.5) is 5.82 Å². The summed E-state index contributed by atoms with van der Waals surface area (Å²) in [7, 11) is 1.61. The van der Waals surface area contributed by atoms with E-state index in [1.807, 2.05) is 38.1 Å². The molecule has 0 aliphatic rings. The van der Waals surface area contributed by atoms with Crippen molar-refractivity contribution in [3.05, 3.63) is 30.3 Å². The van der Waals surface area contributed by atoms with Gasteiger partial charge in [0.25, 0.3) is 0 Å². The molecule has 1 aromatic carbocycles. The number of aromatic nitrogens is 2. The molecule has 0 bridgehead atoms. The second-order valence-corrected chi connectivity index (χ2v) is 4.48. The molecule has 0 amide bonds. The standard InChI is InChI=1S/C14H18N4O2/c1-9(2)20-13-8-10(4-6-12(13)19-3)11-5-7-14(16-15)18-17-11/h4-9H,15H2,1-3H3,(H,16,18). The third kappa shape index (κ3) is 3.16. The molecule has 0 unspecified atom stereocenters. The Bertz CT molecular complexity index is 570. The lowest BCUT2D eigenvalue weighted by Gasteiger charge is -2.14. The van der Waals surface area contributed by atoms with Gasteiger partial charge in [0.1, 0.15) is 0 Å².